The highest BCUT2D eigenvalue weighted by atomic mass is 127. The van der Waals surface area contributed by atoms with Crippen molar-refractivity contribution in [1.82, 2.24) is 0 Å². The van der Waals surface area contributed by atoms with E-state index >= 15 is 0 Å². The quantitative estimate of drug-likeness (QED) is 0.716. The second-order valence-corrected chi connectivity index (χ2v) is 6.06. The highest BCUT2D eigenvalue weighted by molar-refractivity contribution is 14.1. The highest BCUT2D eigenvalue weighted by Crippen LogP contribution is 2.32. The van der Waals surface area contributed by atoms with Crippen molar-refractivity contribution in [3.05, 3.63) is 45.5 Å². The van der Waals surface area contributed by atoms with Gasteiger partial charge in [-0.2, -0.15) is 0 Å². The Bertz CT molecular complexity index is 686. The number of aryl methyl sites for hydroxylation is 1. The number of methoxy groups -OCH3 is 2. The topological polar surface area (TPSA) is 56.8 Å². The minimum absolute atomic E-state index is 0.0611. The second kappa shape index (κ2) is 8.05. The summed E-state index contributed by atoms with van der Waals surface area (Å²) < 4.78 is 17.1. The number of rotatable bonds is 6. The maximum absolute atomic E-state index is 12.0. The van der Waals surface area contributed by atoms with Crippen LogP contribution in [0.5, 0.6) is 17.2 Å². The molecule has 0 heterocycles. The number of carbonyl (C=O) groups is 1. The van der Waals surface area contributed by atoms with Crippen LogP contribution in [0.2, 0.25) is 0 Å². The molecule has 0 atom stereocenters. The largest absolute Gasteiger partial charge is 0.493 e. The minimum Gasteiger partial charge on any atom is -0.493 e. The van der Waals surface area contributed by atoms with E-state index in [1.54, 1.807) is 20.3 Å². The van der Waals surface area contributed by atoms with Gasteiger partial charge in [-0.3, -0.25) is 4.79 Å². The van der Waals surface area contributed by atoms with Gasteiger partial charge in [0.05, 0.1) is 14.2 Å². The molecule has 1 amide bonds. The summed E-state index contributed by atoms with van der Waals surface area (Å²) >= 11 is 2.21. The predicted molar refractivity (Wildman–Crippen MR) is 97.6 cm³/mol. The number of halogens is 1. The van der Waals surface area contributed by atoms with Crippen LogP contribution in [0, 0.1) is 10.5 Å². The van der Waals surface area contributed by atoms with Crippen molar-refractivity contribution >= 4 is 34.2 Å². The number of hydrogen-bond acceptors (Lipinski definition) is 4. The van der Waals surface area contributed by atoms with E-state index in [1.807, 2.05) is 37.3 Å². The summed E-state index contributed by atoms with van der Waals surface area (Å²) in [6, 6.07) is 11.1. The Balaban J connectivity index is 2.01. The van der Waals surface area contributed by atoms with Crippen molar-refractivity contribution in [1.29, 1.82) is 0 Å². The smallest absolute Gasteiger partial charge is 0.262 e. The van der Waals surface area contributed by atoms with E-state index in [9.17, 15) is 4.79 Å². The molecular formula is C17H18INO4. The highest BCUT2D eigenvalue weighted by Gasteiger charge is 2.11. The Morgan fingerprint density at radius 3 is 2.30 bits per heavy atom. The molecule has 0 saturated heterocycles. The van der Waals surface area contributed by atoms with Gasteiger partial charge < -0.3 is 19.5 Å². The summed E-state index contributed by atoms with van der Waals surface area (Å²) in [5.74, 6) is 1.61. The normalized spacial score (nSPS) is 10.1. The van der Waals surface area contributed by atoms with Crippen LogP contribution in [-0.2, 0) is 4.79 Å². The van der Waals surface area contributed by atoms with E-state index in [1.165, 1.54) is 0 Å². The monoisotopic (exact) mass is 427 g/mol. The molecule has 23 heavy (non-hydrogen) atoms. The third-order valence-electron chi connectivity index (χ3n) is 3.19. The molecule has 0 aliphatic carbocycles. The Hall–Kier alpha value is -1.96. The minimum atomic E-state index is -0.237. The van der Waals surface area contributed by atoms with Crippen molar-refractivity contribution in [3.63, 3.8) is 0 Å². The van der Waals surface area contributed by atoms with E-state index in [-0.39, 0.29) is 12.5 Å². The van der Waals surface area contributed by atoms with Crippen LogP contribution in [0.3, 0.4) is 0 Å². The molecule has 0 radical (unpaired) electrons. The number of hydrogen-bond donors (Lipinski definition) is 1. The molecular weight excluding hydrogens is 409 g/mol. The van der Waals surface area contributed by atoms with Gasteiger partial charge in [-0.05, 0) is 65.4 Å². The van der Waals surface area contributed by atoms with Gasteiger partial charge in [0.15, 0.2) is 18.1 Å². The molecule has 2 aromatic carbocycles. The van der Waals surface area contributed by atoms with E-state index < -0.39 is 0 Å². The molecule has 122 valence electrons. The van der Waals surface area contributed by atoms with E-state index in [2.05, 4.69) is 27.9 Å². The summed E-state index contributed by atoms with van der Waals surface area (Å²) in [7, 11) is 3.13. The summed E-state index contributed by atoms with van der Waals surface area (Å²) in [5, 5.41) is 2.82. The number of nitrogens with one attached hydrogen (secondary N) is 1. The summed E-state index contributed by atoms with van der Waals surface area (Å²) in [6.07, 6.45) is 0. The van der Waals surface area contributed by atoms with Gasteiger partial charge in [-0.25, -0.2) is 0 Å². The fraction of sp³-hybridized carbons (Fsp3) is 0.235. The molecule has 0 aromatic heterocycles. The first-order valence-corrected chi connectivity index (χ1v) is 8.02. The standard InChI is InChI=1S/C17H18INO4/c1-11-8-15(21-2)16(22-3)9-14(11)19-17(20)10-23-13-6-4-12(18)5-7-13/h4-9H,10H2,1-3H3,(H,19,20). The Labute approximate surface area is 149 Å². The van der Waals surface area contributed by atoms with Gasteiger partial charge in [-0.1, -0.05) is 0 Å². The predicted octanol–water partition coefficient (Wildman–Crippen LogP) is 3.63. The third kappa shape index (κ3) is 4.75. The summed E-state index contributed by atoms with van der Waals surface area (Å²) in [6.45, 7) is 1.83. The lowest BCUT2D eigenvalue weighted by atomic mass is 10.1. The molecule has 0 spiro atoms. The first-order valence-electron chi connectivity index (χ1n) is 6.94. The zero-order valence-corrected chi connectivity index (χ0v) is 15.3. The van der Waals surface area contributed by atoms with Gasteiger partial charge in [0, 0.05) is 15.3 Å². The first-order chi connectivity index (χ1) is 11.0. The van der Waals surface area contributed by atoms with Crippen LogP contribution >= 0.6 is 22.6 Å². The van der Waals surface area contributed by atoms with Gasteiger partial charge in [0.1, 0.15) is 5.75 Å². The Kier molecular flexibility index (Phi) is 6.09. The van der Waals surface area contributed by atoms with E-state index in [4.69, 9.17) is 14.2 Å². The van der Waals surface area contributed by atoms with Crippen molar-refractivity contribution in [2.45, 2.75) is 6.92 Å². The molecule has 5 nitrogen and oxygen atoms in total. The lowest BCUT2D eigenvalue weighted by Crippen LogP contribution is -2.20. The number of anilines is 1. The fourth-order valence-electron chi connectivity index (χ4n) is 1.98. The van der Waals surface area contributed by atoms with Crippen LogP contribution < -0.4 is 19.5 Å². The SMILES string of the molecule is COc1cc(C)c(NC(=O)COc2ccc(I)cc2)cc1OC. The Morgan fingerprint density at radius 2 is 1.70 bits per heavy atom. The third-order valence-corrected chi connectivity index (χ3v) is 3.91. The zero-order chi connectivity index (χ0) is 16.8. The molecule has 0 bridgehead atoms. The van der Waals surface area contributed by atoms with Gasteiger partial charge in [0.25, 0.3) is 5.91 Å². The molecule has 2 rings (SSSR count). The van der Waals surface area contributed by atoms with Gasteiger partial charge in [0.2, 0.25) is 0 Å². The molecule has 1 N–H and O–H groups in total. The molecule has 0 aliphatic rings. The van der Waals surface area contributed by atoms with E-state index in [0.29, 0.717) is 22.9 Å². The zero-order valence-electron chi connectivity index (χ0n) is 13.2. The molecule has 0 saturated carbocycles. The number of amides is 1. The molecule has 0 aliphatic heterocycles. The molecule has 2 aromatic rings. The van der Waals surface area contributed by atoms with Crippen molar-refractivity contribution in [3.8, 4) is 17.2 Å². The van der Waals surface area contributed by atoms with Crippen molar-refractivity contribution < 1.29 is 19.0 Å². The average Bonchev–Trinajstić information content (AvgIpc) is 2.55. The average molecular weight is 427 g/mol. The molecule has 6 heteroatoms. The van der Waals surface area contributed by atoms with E-state index in [0.717, 1.165) is 9.13 Å². The second-order valence-electron chi connectivity index (χ2n) is 4.81. The first kappa shape index (κ1) is 17.4. The lowest BCUT2D eigenvalue weighted by Gasteiger charge is -2.14. The maximum Gasteiger partial charge on any atom is 0.262 e. The lowest BCUT2D eigenvalue weighted by molar-refractivity contribution is -0.118. The molecule has 0 fully saturated rings. The summed E-state index contributed by atoms with van der Waals surface area (Å²) in [4.78, 5) is 12.0. The van der Waals surface area contributed by atoms with Gasteiger partial charge in [-0.15, -0.1) is 0 Å². The Morgan fingerprint density at radius 1 is 1.09 bits per heavy atom. The van der Waals surface area contributed by atoms with Crippen LogP contribution in [0.25, 0.3) is 0 Å². The van der Waals surface area contributed by atoms with Crippen LogP contribution in [0.1, 0.15) is 5.56 Å². The number of carbonyl (C=O) groups excluding carboxylic acids is 1. The van der Waals surface area contributed by atoms with Crippen molar-refractivity contribution in [2.24, 2.45) is 0 Å². The maximum atomic E-state index is 12.0. The summed E-state index contributed by atoms with van der Waals surface area (Å²) in [5.41, 5.74) is 1.55. The van der Waals surface area contributed by atoms with Crippen LogP contribution in [0.4, 0.5) is 5.69 Å². The number of ether oxygens (including phenoxy) is 3. The van der Waals surface area contributed by atoms with Crippen LogP contribution in [0.15, 0.2) is 36.4 Å². The van der Waals surface area contributed by atoms with Crippen LogP contribution in [-0.4, -0.2) is 26.7 Å². The fourth-order valence-corrected chi connectivity index (χ4v) is 2.34. The molecule has 0 unspecified atom stereocenters. The number of benzene rings is 2. The van der Waals surface area contributed by atoms with Crippen molar-refractivity contribution in [2.75, 3.05) is 26.1 Å². The van der Waals surface area contributed by atoms with Gasteiger partial charge >= 0.3 is 0 Å².